The van der Waals surface area contributed by atoms with Crippen LogP contribution in [0.3, 0.4) is 0 Å². The SMILES string of the molecule is CC(C)(C)Cc1noc2nc(C3CC3)cc(C(=O)N3CCCC3CN)c12. The second-order valence-corrected chi connectivity index (χ2v) is 8.95. The number of amides is 1. The van der Waals surface area contributed by atoms with Crippen molar-refractivity contribution in [1.29, 1.82) is 0 Å². The average Bonchev–Trinajstić information content (AvgIpc) is 3.20. The van der Waals surface area contributed by atoms with Crippen molar-refractivity contribution < 1.29 is 9.32 Å². The molecule has 1 atom stereocenters. The normalized spacial score (nSPS) is 20.9. The summed E-state index contributed by atoms with van der Waals surface area (Å²) in [6.45, 7) is 7.75. The molecule has 1 aliphatic carbocycles. The zero-order valence-corrected chi connectivity index (χ0v) is 15.9. The van der Waals surface area contributed by atoms with E-state index in [1.165, 1.54) is 0 Å². The summed E-state index contributed by atoms with van der Waals surface area (Å²) in [5, 5.41) is 5.07. The van der Waals surface area contributed by atoms with Crippen LogP contribution in [0.25, 0.3) is 11.1 Å². The lowest BCUT2D eigenvalue weighted by Gasteiger charge is -2.24. The van der Waals surface area contributed by atoms with E-state index in [1.54, 1.807) is 0 Å². The van der Waals surface area contributed by atoms with Gasteiger partial charge in [0.1, 0.15) is 0 Å². The molecule has 0 radical (unpaired) electrons. The molecule has 2 fully saturated rings. The summed E-state index contributed by atoms with van der Waals surface area (Å²) in [6, 6.07) is 2.11. The minimum absolute atomic E-state index is 0.0469. The van der Waals surface area contributed by atoms with Gasteiger partial charge in [-0.1, -0.05) is 25.9 Å². The lowest BCUT2D eigenvalue weighted by atomic mass is 9.89. The second-order valence-electron chi connectivity index (χ2n) is 8.95. The quantitative estimate of drug-likeness (QED) is 0.909. The first-order valence-electron chi connectivity index (χ1n) is 9.67. The Morgan fingerprint density at radius 3 is 2.77 bits per heavy atom. The molecule has 0 spiro atoms. The number of nitrogens with two attached hydrogens (primary N) is 1. The molecule has 3 heterocycles. The van der Waals surface area contributed by atoms with Crippen molar-refractivity contribution in [1.82, 2.24) is 15.0 Å². The lowest BCUT2D eigenvalue weighted by Crippen LogP contribution is -2.40. The Morgan fingerprint density at radius 2 is 2.12 bits per heavy atom. The average molecular weight is 356 g/mol. The first-order chi connectivity index (χ1) is 12.4. The molecule has 0 aromatic carbocycles. The molecule has 4 rings (SSSR count). The van der Waals surface area contributed by atoms with Gasteiger partial charge >= 0.3 is 0 Å². The van der Waals surface area contributed by atoms with Crippen LogP contribution in [0.15, 0.2) is 10.6 Å². The molecule has 1 aliphatic heterocycles. The van der Waals surface area contributed by atoms with Gasteiger partial charge in [-0.3, -0.25) is 4.79 Å². The van der Waals surface area contributed by atoms with Gasteiger partial charge < -0.3 is 15.2 Å². The minimum Gasteiger partial charge on any atom is -0.336 e. The van der Waals surface area contributed by atoms with Crippen molar-refractivity contribution in [2.75, 3.05) is 13.1 Å². The van der Waals surface area contributed by atoms with Crippen molar-refractivity contribution in [2.24, 2.45) is 11.1 Å². The summed E-state index contributed by atoms with van der Waals surface area (Å²) in [4.78, 5) is 20.0. The predicted octanol–water partition coefficient (Wildman–Crippen LogP) is 3.25. The van der Waals surface area contributed by atoms with Crippen LogP contribution < -0.4 is 5.73 Å². The highest BCUT2D eigenvalue weighted by Crippen LogP contribution is 2.41. The molecule has 1 saturated carbocycles. The van der Waals surface area contributed by atoms with Crippen LogP contribution in [0.1, 0.15) is 74.1 Å². The topological polar surface area (TPSA) is 85.2 Å². The molecule has 0 bridgehead atoms. The van der Waals surface area contributed by atoms with Gasteiger partial charge in [-0.05, 0) is 43.6 Å². The van der Waals surface area contributed by atoms with Crippen LogP contribution in [-0.2, 0) is 6.42 Å². The van der Waals surface area contributed by atoms with E-state index in [2.05, 4.69) is 30.9 Å². The summed E-state index contributed by atoms with van der Waals surface area (Å²) in [6.07, 6.45) is 4.99. The Kier molecular flexibility index (Phi) is 4.26. The van der Waals surface area contributed by atoms with Gasteiger partial charge in [0.25, 0.3) is 11.6 Å². The van der Waals surface area contributed by atoms with Crippen molar-refractivity contribution in [2.45, 2.75) is 64.8 Å². The number of rotatable bonds is 4. The fourth-order valence-electron chi connectivity index (χ4n) is 3.91. The third kappa shape index (κ3) is 3.22. The van der Waals surface area contributed by atoms with Crippen molar-refractivity contribution in [3.05, 3.63) is 23.0 Å². The van der Waals surface area contributed by atoms with Gasteiger partial charge in [0.2, 0.25) is 0 Å². The Bertz CT molecular complexity index is 832. The second kappa shape index (κ2) is 6.34. The van der Waals surface area contributed by atoms with Crippen LogP contribution in [0.2, 0.25) is 0 Å². The summed E-state index contributed by atoms with van der Waals surface area (Å²) in [7, 11) is 0. The number of pyridine rings is 1. The summed E-state index contributed by atoms with van der Waals surface area (Å²) in [5.74, 6) is 0.497. The first-order valence-corrected chi connectivity index (χ1v) is 9.67. The number of likely N-dealkylation sites (tertiary alicyclic amines) is 1. The lowest BCUT2D eigenvalue weighted by molar-refractivity contribution is 0.0743. The molecule has 2 aliphatic rings. The number of aromatic nitrogens is 2. The molecular formula is C20H28N4O2. The van der Waals surface area contributed by atoms with E-state index in [0.717, 1.165) is 55.4 Å². The van der Waals surface area contributed by atoms with Crippen molar-refractivity contribution in [3.8, 4) is 0 Å². The molecule has 1 unspecified atom stereocenters. The molecule has 6 heteroatoms. The van der Waals surface area contributed by atoms with E-state index < -0.39 is 0 Å². The number of carbonyl (C=O) groups is 1. The van der Waals surface area contributed by atoms with E-state index in [-0.39, 0.29) is 17.4 Å². The Morgan fingerprint density at radius 1 is 1.35 bits per heavy atom. The first kappa shape index (κ1) is 17.5. The number of carbonyl (C=O) groups excluding carboxylic acids is 1. The Hall–Kier alpha value is -1.95. The van der Waals surface area contributed by atoms with Gasteiger partial charge in [0.05, 0.1) is 16.6 Å². The zero-order valence-electron chi connectivity index (χ0n) is 15.9. The maximum absolute atomic E-state index is 13.4. The largest absolute Gasteiger partial charge is 0.336 e. The Labute approximate surface area is 154 Å². The maximum atomic E-state index is 13.4. The molecule has 140 valence electrons. The van der Waals surface area contributed by atoms with Gasteiger partial charge in [-0.25, -0.2) is 4.98 Å². The molecule has 2 aromatic rings. The number of fused-ring (bicyclic) bond motifs is 1. The molecule has 2 aromatic heterocycles. The number of nitrogens with zero attached hydrogens (tertiary/aromatic N) is 3. The fourth-order valence-corrected chi connectivity index (χ4v) is 3.91. The smallest absolute Gasteiger partial charge is 0.259 e. The van der Waals surface area contributed by atoms with Crippen molar-refractivity contribution in [3.63, 3.8) is 0 Å². The third-order valence-electron chi connectivity index (χ3n) is 5.37. The van der Waals surface area contributed by atoms with Crippen LogP contribution in [0.5, 0.6) is 0 Å². The summed E-state index contributed by atoms with van der Waals surface area (Å²) < 4.78 is 5.56. The zero-order chi connectivity index (χ0) is 18.5. The molecule has 26 heavy (non-hydrogen) atoms. The standard InChI is InChI=1S/C20H28N4O2/c1-20(2,3)10-16-17-14(19(25)24-8-4-5-13(24)11-21)9-15(12-6-7-12)22-18(17)26-23-16/h9,12-13H,4-8,10-11,21H2,1-3H3. The van der Waals surface area contributed by atoms with E-state index in [4.69, 9.17) is 10.3 Å². The maximum Gasteiger partial charge on any atom is 0.259 e. The highest BCUT2D eigenvalue weighted by Gasteiger charge is 2.34. The van der Waals surface area contributed by atoms with Gasteiger partial charge in [0, 0.05) is 30.7 Å². The van der Waals surface area contributed by atoms with E-state index >= 15 is 0 Å². The van der Waals surface area contributed by atoms with Crippen LogP contribution in [0.4, 0.5) is 0 Å². The summed E-state index contributed by atoms with van der Waals surface area (Å²) >= 11 is 0. The predicted molar refractivity (Wildman–Crippen MR) is 100 cm³/mol. The number of hydrogen-bond acceptors (Lipinski definition) is 5. The monoisotopic (exact) mass is 356 g/mol. The minimum atomic E-state index is 0.0469. The Balaban J connectivity index is 1.82. The number of hydrogen-bond donors (Lipinski definition) is 1. The van der Waals surface area contributed by atoms with Crippen LogP contribution >= 0.6 is 0 Å². The fraction of sp³-hybridized carbons (Fsp3) is 0.650. The van der Waals surface area contributed by atoms with Crippen LogP contribution in [0, 0.1) is 5.41 Å². The van der Waals surface area contributed by atoms with Gasteiger partial charge in [-0.2, -0.15) is 0 Å². The molecule has 1 saturated heterocycles. The van der Waals surface area contributed by atoms with Gasteiger partial charge in [-0.15, -0.1) is 0 Å². The third-order valence-corrected chi connectivity index (χ3v) is 5.37. The van der Waals surface area contributed by atoms with Crippen LogP contribution in [-0.4, -0.2) is 40.1 Å². The van der Waals surface area contributed by atoms with Crippen molar-refractivity contribution >= 4 is 17.0 Å². The molecule has 1 amide bonds. The molecular weight excluding hydrogens is 328 g/mol. The van der Waals surface area contributed by atoms with E-state index in [0.29, 0.717) is 23.7 Å². The highest BCUT2D eigenvalue weighted by molar-refractivity contribution is 6.06. The van der Waals surface area contributed by atoms with E-state index in [9.17, 15) is 4.79 Å². The van der Waals surface area contributed by atoms with E-state index in [1.807, 2.05) is 11.0 Å². The highest BCUT2D eigenvalue weighted by atomic mass is 16.5. The summed E-state index contributed by atoms with van der Waals surface area (Å²) in [5.41, 5.74) is 8.93. The molecule has 2 N–H and O–H groups in total. The molecule has 6 nitrogen and oxygen atoms in total. The van der Waals surface area contributed by atoms with Gasteiger partial charge in [0.15, 0.2) is 0 Å².